The quantitative estimate of drug-likeness (QED) is 0.800. The van der Waals surface area contributed by atoms with Crippen LogP contribution in [0.25, 0.3) is 0 Å². The zero-order valence-corrected chi connectivity index (χ0v) is 8.71. The summed E-state index contributed by atoms with van der Waals surface area (Å²) in [4.78, 5) is 10.7. The summed E-state index contributed by atoms with van der Waals surface area (Å²) in [7, 11) is 1.31. The van der Waals surface area contributed by atoms with Crippen LogP contribution in [0.2, 0.25) is 0 Å². The van der Waals surface area contributed by atoms with Crippen LogP contribution in [-0.4, -0.2) is 24.9 Å². The fourth-order valence-electron chi connectivity index (χ4n) is 1.01. The number of methoxy groups -OCH3 is 1. The van der Waals surface area contributed by atoms with Crippen LogP contribution in [0.15, 0.2) is 16.8 Å². The predicted octanol–water partition coefficient (Wildman–Crippen LogP) is 1.53. The van der Waals surface area contributed by atoms with Gasteiger partial charge in [-0.3, -0.25) is 0 Å². The molecule has 1 atom stereocenters. The van der Waals surface area contributed by atoms with Gasteiger partial charge in [-0.1, -0.05) is 0 Å². The molecule has 0 aliphatic carbocycles. The summed E-state index contributed by atoms with van der Waals surface area (Å²) < 4.78 is 4.39. The number of nitrogens with one attached hydrogen (secondary N) is 1. The Labute approximate surface area is 86.5 Å². The van der Waals surface area contributed by atoms with Gasteiger partial charge in [0.1, 0.15) is 0 Å². The number of hydrogen-bond acceptors (Lipinski definition) is 4. The number of alkyl carbamates (subject to hydrolysis) is 1. The van der Waals surface area contributed by atoms with Crippen LogP contribution in [0.4, 0.5) is 4.79 Å². The topological polar surface area (TPSA) is 58.6 Å². The first-order valence-electron chi connectivity index (χ1n) is 4.26. The van der Waals surface area contributed by atoms with Crippen molar-refractivity contribution in [2.24, 2.45) is 0 Å². The Kier molecular flexibility index (Phi) is 4.42. The number of ether oxygens (including phenoxy) is 1. The molecule has 0 spiro atoms. The molecule has 0 radical (unpaired) electrons. The molecule has 0 aliphatic rings. The SMILES string of the molecule is COC(=O)NCCC(O)c1ccsc1. The zero-order chi connectivity index (χ0) is 10.4. The summed E-state index contributed by atoms with van der Waals surface area (Å²) in [6, 6.07) is 1.87. The van der Waals surface area contributed by atoms with Gasteiger partial charge in [-0.25, -0.2) is 4.79 Å². The lowest BCUT2D eigenvalue weighted by Crippen LogP contribution is -2.25. The summed E-state index contributed by atoms with van der Waals surface area (Å²) in [5.74, 6) is 0. The molecular weight excluding hydrogens is 202 g/mol. The number of aliphatic hydroxyl groups excluding tert-OH is 1. The molecule has 1 amide bonds. The molecule has 5 heteroatoms. The highest BCUT2D eigenvalue weighted by atomic mass is 32.1. The molecular formula is C9H13NO3S. The van der Waals surface area contributed by atoms with Gasteiger partial charge in [-0.2, -0.15) is 11.3 Å². The molecule has 0 bridgehead atoms. The van der Waals surface area contributed by atoms with E-state index < -0.39 is 12.2 Å². The molecule has 0 fully saturated rings. The first-order chi connectivity index (χ1) is 6.74. The third-order valence-corrected chi connectivity index (χ3v) is 2.50. The Hall–Kier alpha value is -1.07. The third kappa shape index (κ3) is 3.35. The van der Waals surface area contributed by atoms with Crippen molar-refractivity contribution < 1.29 is 14.6 Å². The van der Waals surface area contributed by atoms with Crippen molar-refractivity contribution in [3.05, 3.63) is 22.4 Å². The van der Waals surface area contributed by atoms with E-state index in [2.05, 4.69) is 10.1 Å². The van der Waals surface area contributed by atoms with E-state index in [4.69, 9.17) is 0 Å². The van der Waals surface area contributed by atoms with Crippen molar-refractivity contribution in [3.8, 4) is 0 Å². The minimum Gasteiger partial charge on any atom is -0.453 e. The standard InChI is InChI=1S/C9H13NO3S/c1-13-9(12)10-4-2-8(11)7-3-5-14-6-7/h3,5-6,8,11H,2,4H2,1H3,(H,10,12). The molecule has 1 aromatic heterocycles. The largest absolute Gasteiger partial charge is 0.453 e. The number of carbonyl (C=O) groups excluding carboxylic acids is 1. The Morgan fingerprint density at radius 2 is 2.57 bits per heavy atom. The number of rotatable bonds is 4. The summed E-state index contributed by atoms with van der Waals surface area (Å²) in [5, 5.41) is 15.9. The normalized spacial score (nSPS) is 12.1. The van der Waals surface area contributed by atoms with Crippen LogP contribution in [0.3, 0.4) is 0 Å². The van der Waals surface area contributed by atoms with Gasteiger partial charge in [0.2, 0.25) is 0 Å². The van der Waals surface area contributed by atoms with Crippen LogP contribution < -0.4 is 5.32 Å². The number of thiophene rings is 1. The van der Waals surface area contributed by atoms with Crippen molar-refractivity contribution in [1.82, 2.24) is 5.32 Å². The van der Waals surface area contributed by atoms with Gasteiger partial charge in [0.05, 0.1) is 13.2 Å². The van der Waals surface area contributed by atoms with Crippen LogP contribution >= 0.6 is 11.3 Å². The van der Waals surface area contributed by atoms with E-state index in [9.17, 15) is 9.90 Å². The molecule has 1 aromatic rings. The first kappa shape index (κ1) is 11.0. The van der Waals surface area contributed by atoms with E-state index in [0.29, 0.717) is 13.0 Å². The number of aliphatic hydroxyl groups is 1. The van der Waals surface area contributed by atoms with Gasteiger partial charge in [0.25, 0.3) is 0 Å². The smallest absolute Gasteiger partial charge is 0.406 e. The molecule has 0 aliphatic heterocycles. The molecule has 0 saturated carbocycles. The lowest BCUT2D eigenvalue weighted by molar-refractivity contribution is 0.155. The van der Waals surface area contributed by atoms with Gasteiger partial charge in [-0.15, -0.1) is 0 Å². The minimum atomic E-state index is -0.515. The van der Waals surface area contributed by atoms with Gasteiger partial charge < -0.3 is 15.2 Å². The van der Waals surface area contributed by atoms with E-state index in [1.54, 1.807) is 11.3 Å². The number of carbonyl (C=O) groups is 1. The van der Waals surface area contributed by atoms with Crippen LogP contribution in [0.1, 0.15) is 18.1 Å². The molecule has 1 heterocycles. The molecule has 0 aromatic carbocycles. The zero-order valence-electron chi connectivity index (χ0n) is 7.90. The van der Waals surface area contributed by atoms with E-state index >= 15 is 0 Å². The second-order valence-corrected chi connectivity index (χ2v) is 3.56. The Balaban J connectivity index is 2.22. The third-order valence-electron chi connectivity index (χ3n) is 1.80. The maximum Gasteiger partial charge on any atom is 0.406 e. The number of hydrogen-bond donors (Lipinski definition) is 2. The molecule has 4 nitrogen and oxygen atoms in total. The van der Waals surface area contributed by atoms with Crippen molar-refractivity contribution in [2.75, 3.05) is 13.7 Å². The second-order valence-electron chi connectivity index (χ2n) is 2.78. The first-order valence-corrected chi connectivity index (χ1v) is 5.20. The highest BCUT2D eigenvalue weighted by Gasteiger charge is 2.07. The molecule has 2 N–H and O–H groups in total. The molecule has 1 rings (SSSR count). The Morgan fingerprint density at radius 3 is 3.14 bits per heavy atom. The van der Waals surface area contributed by atoms with Gasteiger partial charge >= 0.3 is 6.09 Å². The monoisotopic (exact) mass is 215 g/mol. The summed E-state index contributed by atoms with van der Waals surface area (Å²) in [5.41, 5.74) is 0.890. The molecule has 78 valence electrons. The fourth-order valence-corrected chi connectivity index (χ4v) is 1.72. The van der Waals surface area contributed by atoms with Gasteiger partial charge in [0.15, 0.2) is 0 Å². The maximum absolute atomic E-state index is 10.7. The highest BCUT2D eigenvalue weighted by Crippen LogP contribution is 2.18. The van der Waals surface area contributed by atoms with Crippen molar-refractivity contribution in [1.29, 1.82) is 0 Å². The van der Waals surface area contributed by atoms with Crippen LogP contribution in [-0.2, 0) is 4.74 Å². The van der Waals surface area contributed by atoms with E-state index in [1.165, 1.54) is 7.11 Å². The van der Waals surface area contributed by atoms with Gasteiger partial charge in [0, 0.05) is 6.54 Å². The predicted molar refractivity (Wildman–Crippen MR) is 54.3 cm³/mol. The lowest BCUT2D eigenvalue weighted by Gasteiger charge is -2.08. The second kappa shape index (κ2) is 5.62. The summed E-state index contributed by atoms with van der Waals surface area (Å²) in [6.07, 6.45) is -0.493. The van der Waals surface area contributed by atoms with E-state index in [0.717, 1.165) is 5.56 Å². The molecule has 0 saturated heterocycles. The number of amides is 1. The highest BCUT2D eigenvalue weighted by molar-refractivity contribution is 7.07. The summed E-state index contributed by atoms with van der Waals surface area (Å²) >= 11 is 1.54. The lowest BCUT2D eigenvalue weighted by atomic mass is 10.1. The Morgan fingerprint density at radius 1 is 1.79 bits per heavy atom. The Bertz CT molecular complexity index is 274. The minimum absolute atomic E-state index is 0.406. The van der Waals surface area contributed by atoms with Gasteiger partial charge in [-0.05, 0) is 28.8 Å². The van der Waals surface area contributed by atoms with E-state index in [1.807, 2.05) is 16.8 Å². The van der Waals surface area contributed by atoms with E-state index in [-0.39, 0.29) is 0 Å². The van der Waals surface area contributed by atoms with Crippen molar-refractivity contribution in [2.45, 2.75) is 12.5 Å². The molecule has 1 unspecified atom stereocenters. The van der Waals surface area contributed by atoms with Crippen LogP contribution in [0, 0.1) is 0 Å². The average Bonchev–Trinajstić information content (AvgIpc) is 2.70. The summed E-state index contributed by atoms with van der Waals surface area (Å²) in [6.45, 7) is 0.406. The molecule has 14 heavy (non-hydrogen) atoms. The van der Waals surface area contributed by atoms with Crippen LogP contribution in [0.5, 0.6) is 0 Å². The van der Waals surface area contributed by atoms with Crippen molar-refractivity contribution in [3.63, 3.8) is 0 Å². The maximum atomic E-state index is 10.7. The fraction of sp³-hybridized carbons (Fsp3) is 0.444. The average molecular weight is 215 g/mol. The van der Waals surface area contributed by atoms with Crippen molar-refractivity contribution >= 4 is 17.4 Å².